The van der Waals surface area contributed by atoms with E-state index < -0.39 is 23.6 Å². The van der Waals surface area contributed by atoms with E-state index in [4.69, 9.17) is 4.74 Å². The van der Waals surface area contributed by atoms with Crippen LogP contribution in [0.2, 0.25) is 0 Å². The molecule has 0 fully saturated rings. The van der Waals surface area contributed by atoms with Gasteiger partial charge in [-0.1, -0.05) is 0 Å². The molecule has 1 N–H and O–H groups in total. The number of hydrogen-bond acceptors (Lipinski definition) is 5. The SMILES string of the molecule is COCc1cc(C)n(CC(=O)Nc2ccc(OC(F)(F)F)cc2)c(=O)c1C#N. The second kappa shape index (κ2) is 8.58. The predicted octanol–water partition coefficient (Wildman–Crippen LogP) is 2.71. The fraction of sp³-hybridized carbons (Fsp3) is 0.278. The van der Waals surface area contributed by atoms with Crippen molar-refractivity contribution < 1.29 is 27.4 Å². The number of hydrogen-bond donors (Lipinski definition) is 1. The van der Waals surface area contributed by atoms with Crippen molar-refractivity contribution in [3.05, 3.63) is 57.5 Å². The number of anilines is 1. The quantitative estimate of drug-likeness (QED) is 0.812. The molecular weight excluding hydrogens is 379 g/mol. The van der Waals surface area contributed by atoms with Crippen molar-refractivity contribution >= 4 is 11.6 Å². The van der Waals surface area contributed by atoms with Crippen LogP contribution in [0.3, 0.4) is 0 Å². The second-order valence-electron chi connectivity index (χ2n) is 5.74. The lowest BCUT2D eigenvalue weighted by Crippen LogP contribution is -2.31. The molecule has 0 bridgehead atoms. The van der Waals surface area contributed by atoms with Crippen molar-refractivity contribution in [2.24, 2.45) is 0 Å². The van der Waals surface area contributed by atoms with Crippen molar-refractivity contribution in [2.45, 2.75) is 26.4 Å². The average Bonchev–Trinajstić information content (AvgIpc) is 2.59. The minimum atomic E-state index is -4.81. The van der Waals surface area contributed by atoms with Crippen LogP contribution in [0.25, 0.3) is 0 Å². The standard InChI is InChI=1S/C18H16F3N3O4/c1-11-7-12(10-27-2)15(8-22)17(26)24(11)9-16(25)23-13-3-5-14(6-4-13)28-18(19,20)21/h3-7H,9-10H2,1-2H3,(H,23,25). The van der Waals surface area contributed by atoms with E-state index in [1.54, 1.807) is 13.0 Å². The third-order valence-electron chi connectivity index (χ3n) is 3.67. The summed E-state index contributed by atoms with van der Waals surface area (Å²) in [5, 5.41) is 11.7. The molecule has 10 heteroatoms. The Balaban J connectivity index is 2.15. The molecule has 1 heterocycles. The summed E-state index contributed by atoms with van der Waals surface area (Å²) in [6.07, 6.45) is -4.81. The summed E-state index contributed by atoms with van der Waals surface area (Å²) >= 11 is 0. The Morgan fingerprint density at radius 1 is 1.29 bits per heavy atom. The first-order valence-corrected chi connectivity index (χ1v) is 7.92. The Hall–Kier alpha value is -3.32. The molecule has 7 nitrogen and oxygen atoms in total. The molecule has 2 rings (SSSR count). The number of aryl methyl sites for hydroxylation is 1. The molecule has 1 aromatic carbocycles. The van der Waals surface area contributed by atoms with Gasteiger partial charge < -0.3 is 19.4 Å². The number of carbonyl (C=O) groups excluding carboxylic acids is 1. The zero-order chi connectivity index (χ0) is 20.9. The smallest absolute Gasteiger partial charge is 0.406 e. The molecule has 0 aliphatic rings. The number of pyridine rings is 1. The van der Waals surface area contributed by atoms with E-state index in [9.17, 15) is 28.0 Å². The van der Waals surface area contributed by atoms with Crippen LogP contribution in [-0.4, -0.2) is 23.9 Å². The number of amides is 1. The molecule has 0 atom stereocenters. The number of halogens is 3. The number of ether oxygens (including phenoxy) is 2. The first-order chi connectivity index (χ1) is 13.1. The third-order valence-corrected chi connectivity index (χ3v) is 3.67. The largest absolute Gasteiger partial charge is 0.573 e. The number of nitriles is 1. The van der Waals surface area contributed by atoms with Gasteiger partial charge in [0.2, 0.25) is 5.91 Å². The van der Waals surface area contributed by atoms with Gasteiger partial charge in [-0.15, -0.1) is 13.2 Å². The molecule has 1 aromatic heterocycles. The molecular formula is C18H16F3N3O4. The van der Waals surface area contributed by atoms with Gasteiger partial charge in [0.25, 0.3) is 5.56 Å². The third kappa shape index (κ3) is 5.34. The highest BCUT2D eigenvalue weighted by Crippen LogP contribution is 2.24. The fourth-order valence-corrected chi connectivity index (χ4v) is 2.50. The van der Waals surface area contributed by atoms with Crippen molar-refractivity contribution in [2.75, 3.05) is 12.4 Å². The van der Waals surface area contributed by atoms with Gasteiger partial charge in [0, 0.05) is 24.1 Å². The van der Waals surface area contributed by atoms with Crippen LogP contribution in [0.15, 0.2) is 35.1 Å². The molecule has 28 heavy (non-hydrogen) atoms. The second-order valence-corrected chi connectivity index (χ2v) is 5.74. The molecule has 148 valence electrons. The number of methoxy groups -OCH3 is 1. The molecule has 0 radical (unpaired) electrons. The topological polar surface area (TPSA) is 93.3 Å². The molecule has 0 saturated carbocycles. The maximum Gasteiger partial charge on any atom is 0.573 e. The summed E-state index contributed by atoms with van der Waals surface area (Å²) in [6, 6.07) is 7.96. The average molecular weight is 395 g/mol. The fourth-order valence-electron chi connectivity index (χ4n) is 2.50. The van der Waals surface area contributed by atoms with Crippen LogP contribution in [0.4, 0.5) is 18.9 Å². The zero-order valence-corrected chi connectivity index (χ0v) is 15.0. The molecule has 0 saturated heterocycles. The van der Waals surface area contributed by atoms with Crippen LogP contribution in [0.5, 0.6) is 5.75 Å². The van der Waals surface area contributed by atoms with E-state index in [-0.39, 0.29) is 24.4 Å². The van der Waals surface area contributed by atoms with Gasteiger partial charge in [-0.2, -0.15) is 5.26 Å². The van der Waals surface area contributed by atoms with Crippen molar-refractivity contribution in [3.63, 3.8) is 0 Å². The summed E-state index contributed by atoms with van der Waals surface area (Å²) in [7, 11) is 1.43. The van der Waals surface area contributed by atoms with E-state index in [0.29, 0.717) is 11.3 Å². The van der Waals surface area contributed by atoms with E-state index in [2.05, 4.69) is 10.1 Å². The Bertz CT molecular complexity index is 960. The molecule has 0 aliphatic heterocycles. The Kier molecular flexibility index (Phi) is 6.43. The maximum absolute atomic E-state index is 12.5. The lowest BCUT2D eigenvalue weighted by atomic mass is 10.1. The number of alkyl halides is 3. The van der Waals surface area contributed by atoms with E-state index in [1.807, 2.05) is 6.07 Å². The Morgan fingerprint density at radius 3 is 2.46 bits per heavy atom. The first-order valence-electron chi connectivity index (χ1n) is 7.92. The highest BCUT2D eigenvalue weighted by Gasteiger charge is 2.31. The first kappa shape index (κ1) is 21.0. The highest BCUT2D eigenvalue weighted by atomic mass is 19.4. The lowest BCUT2D eigenvalue weighted by Gasteiger charge is -2.13. The van der Waals surface area contributed by atoms with Gasteiger partial charge in [0.1, 0.15) is 23.9 Å². The van der Waals surface area contributed by atoms with E-state index >= 15 is 0 Å². The van der Waals surface area contributed by atoms with Crippen LogP contribution in [0, 0.1) is 18.3 Å². The van der Waals surface area contributed by atoms with Gasteiger partial charge in [-0.3, -0.25) is 9.59 Å². The van der Waals surface area contributed by atoms with E-state index in [1.165, 1.54) is 19.2 Å². The van der Waals surface area contributed by atoms with Crippen LogP contribution in [0.1, 0.15) is 16.8 Å². The van der Waals surface area contributed by atoms with Gasteiger partial charge in [0.05, 0.1) is 6.61 Å². The lowest BCUT2D eigenvalue weighted by molar-refractivity contribution is -0.274. The molecule has 0 unspecified atom stereocenters. The van der Waals surface area contributed by atoms with Gasteiger partial charge >= 0.3 is 6.36 Å². The predicted molar refractivity (Wildman–Crippen MR) is 92.6 cm³/mol. The number of carbonyl (C=O) groups is 1. The van der Waals surface area contributed by atoms with Crippen LogP contribution in [-0.2, 0) is 22.7 Å². The summed E-state index contributed by atoms with van der Waals surface area (Å²) in [6.45, 7) is 1.32. The van der Waals surface area contributed by atoms with Crippen molar-refractivity contribution in [1.29, 1.82) is 5.26 Å². The van der Waals surface area contributed by atoms with Crippen molar-refractivity contribution in [3.8, 4) is 11.8 Å². The molecule has 0 spiro atoms. The molecule has 0 aliphatic carbocycles. The molecule has 2 aromatic rings. The van der Waals surface area contributed by atoms with Crippen LogP contribution < -0.4 is 15.6 Å². The maximum atomic E-state index is 12.5. The van der Waals surface area contributed by atoms with Crippen molar-refractivity contribution in [1.82, 2.24) is 4.57 Å². The normalized spacial score (nSPS) is 11.0. The van der Waals surface area contributed by atoms with Gasteiger partial charge in [-0.25, -0.2) is 0 Å². The molecule has 1 amide bonds. The summed E-state index contributed by atoms with van der Waals surface area (Å²) in [5.74, 6) is -1.01. The number of rotatable bonds is 6. The Labute approximate surface area is 157 Å². The zero-order valence-electron chi connectivity index (χ0n) is 15.0. The summed E-state index contributed by atoms with van der Waals surface area (Å²) in [5.41, 5.74) is 0.360. The number of nitrogens with zero attached hydrogens (tertiary/aromatic N) is 2. The van der Waals surface area contributed by atoms with E-state index in [0.717, 1.165) is 16.7 Å². The number of benzene rings is 1. The highest BCUT2D eigenvalue weighted by molar-refractivity contribution is 5.90. The number of aromatic nitrogens is 1. The number of nitrogens with one attached hydrogen (secondary N) is 1. The van der Waals surface area contributed by atoms with Gasteiger partial charge in [0.15, 0.2) is 0 Å². The Morgan fingerprint density at radius 2 is 1.93 bits per heavy atom. The minimum absolute atomic E-state index is 0.0817. The summed E-state index contributed by atoms with van der Waals surface area (Å²) in [4.78, 5) is 24.7. The summed E-state index contributed by atoms with van der Waals surface area (Å²) < 4.78 is 46.3. The van der Waals surface area contributed by atoms with Gasteiger partial charge in [-0.05, 0) is 37.3 Å². The monoisotopic (exact) mass is 395 g/mol. The minimum Gasteiger partial charge on any atom is -0.406 e. The van der Waals surface area contributed by atoms with Crippen LogP contribution >= 0.6 is 0 Å².